The van der Waals surface area contributed by atoms with E-state index in [4.69, 9.17) is 5.11 Å². The van der Waals surface area contributed by atoms with E-state index in [9.17, 15) is 4.79 Å². The molecule has 0 aliphatic heterocycles. The fourth-order valence-corrected chi connectivity index (χ4v) is 1.74. The molecule has 1 N–H and O–H groups in total. The van der Waals surface area contributed by atoms with Crippen molar-refractivity contribution in [3.8, 4) is 0 Å². The average Bonchev–Trinajstić information content (AvgIpc) is 2.31. The maximum atomic E-state index is 11.0. The number of hydrogen-bond acceptors (Lipinski definition) is 1. The van der Waals surface area contributed by atoms with Crippen molar-refractivity contribution >= 4 is 11.5 Å². The summed E-state index contributed by atoms with van der Waals surface area (Å²) >= 11 is 0. The molecule has 1 aliphatic carbocycles. The van der Waals surface area contributed by atoms with Gasteiger partial charge in [0.1, 0.15) is 0 Å². The van der Waals surface area contributed by atoms with E-state index in [0.717, 1.165) is 11.1 Å². The Morgan fingerprint density at radius 1 is 1.31 bits per heavy atom. The van der Waals surface area contributed by atoms with Crippen LogP contribution in [0.5, 0.6) is 0 Å². The van der Waals surface area contributed by atoms with Crippen LogP contribution in [0.25, 0.3) is 5.57 Å². The maximum absolute atomic E-state index is 11.0. The Kier molecular flexibility index (Phi) is 2.65. The van der Waals surface area contributed by atoms with Crippen molar-refractivity contribution in [1.29, 1.82) is 0 Å². The number of allylic oxidation sites excluding steroid dienone is 3. The Bertz CT molecular complexity index is 457. The highest BCUT2D eigenvalue weighted by Crippen LogP contribution is 2.32. The van der Waals surface area contributed by atoms with Gasteiger partial charge in [-0.2, -0.15) is 0 Å². The highest BCUT2D eigenvalue weighted by molar-refractivity contribution is 5.82. The van der Waals surface area contributed by atoms with Gasteiger partial charge in [0, 0.05) is 0 Å². The van der Waals surface area contributed by atoms with Crippen molar-refractivity contribution in [3.63, 3.8) is 0 Å². The third-order valence-corrected chi connectivity index (χ3v) is 2.97. The lowest BCUT2D eigenvalue weighted by molar-refractivity contribution is -0.145. The summed E-state index contributed by atoms with van der Waals surface area (Å²) in [6.45, 7) is 1.74. The van der Waals surface area contributed by atoms with Gasteiger partial charge >= 0.3 is 5.97 Å². The second kappa shape index (κ2) is 3.97. The van der Waals surface area contributed by atoms with Crippen LogP contribution >= 0.6 is 0 Å². The zero-order valence-electron chi connectivity index (χ0n) is 9.18. The first-order valence-corrected chi connectivity index (χ1v) is 5.30. The van der Waals surface area contributed by atoms with Gasteiger partial charge in [-0.3, -0.25) is 4.79 Å². The highest BCUT2D eigenvalue weighted by Gasteiger charge is 2.30. The summed E-state index contributed by atoms with van der Waals surface area (Å²) in [6.07, 6.45) is 6.21. The molecule has 0 saturated carbocycles. The van der Waals surface area contributed by atoms with Gasteiger partial charge in [-0.15, -0.1) is 0 Å². The summed E-state index contributed by atoms with van der Waals surface area (Å²) in [5, 5.41) is 9.07. The minimum Gasteiger partial charge on any atom is -0.481 e. The van der Waals surface area contributed by atoms with E-state index in [1.165, 1.54) is 0 Å². The van der Waals surface area contributed by atoms with Crippen LogP contribution in [0.3, 0.4) is 0 Å². The lowest BCUT2D eigenvalue weighted by atomic mass is 9.81. The van der Waals surface area contributed by atoms with Crippen molar-refractivity contribution in [1.82, 2.24) is 0 Å². The van der Waals surface area contributed by atoms with Crippen LogP contribution in [-0.4, -0.2) is 11.1 Å². The molecule has 0 spiro atoms. The Labute approximate surface area is 94.9 Å². The molecule has 0 aromatic heterocycles. The molecule has 1 unspecified atom stereocenters. The summed E-state index contributed by atoms with van der Waals surface area (Å²) in [5.41, 5.74) is 1.48. The third kappa shape index (κ3) is 1.91. The fraction of sp³-hybridized carbons (Fsp3) is 0.214. The SMILES string of the molecule is CC1(C(=O)O)C=CC(c2ccccc2)=CC1. The second-order valence-corrected chi connectivity index (χ2v) is 4.29. The minimum atomic E-state index is -0.771. The van der Waals surface area contributed by atoms with E-state index in [1.807, 2.05) is 42.5 Å². The van der Waals surface area contributed by atoms with E-state index in [2.05, 4.69) is 0 Å². The van der Waals surface area contributed by atoms with Gasteiger partial charge in [0.15, 0.2) is 0 Å². The molecule has 1 aromatic carbocycles. The summed E-state index contributed by atoms with van der Waals surface area (Å²) in [7, 11) is 0. The number of benzene rings is 1. The number of carbonyl (C=O) groups is 1. The van der Waals surface area contributed by atoms with E-state index < -0.39 is 11.4 Å². The topological polar surface area (TPSA) is 37.3 Å². The molecule has 16 heavy (non-hydrogen) atoms. The quantitative estimate of drug-likeness (QED) is 0.821. The standard InChI is InChI=1S/C14H14O2/c1-14(13(15)16)9-7-12(8-10-14)11-5-3-2-4-6-11/h2-9H,10H2,1H3,(H,15,16). The van der Waals surface area contributed by atoms with Crippen LogP contribution in [-0.2, 0) is 4.79 Å². The molecule has 0 radical (unpaired) electrons. The molecule has 0 amide bonds. The van der Waals surface area contributed by atoms with Gasteiger partial charge in [-0.05, 0) is 24.5 Å². The van der Waals surface area contributed by atoms with E-state index >= 15 is 0 Å². The van der Waals surface area contributed by atoms with Gasteiger partial charge in [-0.25, -0.2) is 0 Å². The summed E-state index contributed by atoms with van der Waals surface area (Å²) in [4.78, 5) is 11.0. The van der Waals surface area contributed by atoms with Crippen molar-refractivity contribution in [2.75, 3.05) is 0 Å². The average molecular weight is 214 g/mol. The van der Waals surface area contributed by atoms with Gasteiger partial charge in [0.25, 0.3) is 0 Å². The van der Waals surface area contributed by atoms with E-state index in [1.54, 1.807) is 13.0 Å². The maximum Gasteiger partial charge on any atom is 0.313 e. The fourth-order valence-electron chi connectivity index (χ4n) is 1.74. The largest absolute Gasteiger partial charge is 0.481 e. The molecule has 1 atom stereocenters. The number of hydrogen-bond donors (Lipinski definition) is 1. The zero-order chi connectivity index (χ0) is 11.6. The van der Waals surface area contributed by atoms with Crippen LogP contribution in [0, 0.1) is 5.41 Å². The van der Waals surface area contributed by atoms with Gasteiger partial charge in [0.05, 0.1) is 5.41 Å². The zero-order valence-corrected chi connectivity index (χ0v) is 9.18. The molecular weight excluding hydrogens is 200 g/mol. The first kappa shape index (κ1) is 10.7. The smallest absolute Gasteiger partial charge is 0.313 e. The molecule has 2 nitrogen and oxygen atoms in total. The molecule has 0 heterocycles. The third-order valence-electron chi connectivity index (χ3n) is 2.97. The molecule has 82 valence electrons. The molecule has 1 aliphatic rings. The second-order valence-electron chi connectivity index (χ2n) is 4.29. The Morgan fingerprint density at radius 3 is 2.50 bits per heavy atom. The van der Waals surface area contributed by atoms with Crippen LogP contribution in [0.1, 0.15) is 18.9 Å². The van der Waals surface area contributed by atoms with Crippen molar-refractivity contribution < 1.29 is 9.90 Å². The predicted molar refractivity (Wildman–Crippen MR) is 63.9 cm³/mol. The van der Waals surface area contributed by atoms with Crippen LogP contribution < -0.4 is 0 Å². The molecule has 0 bridgehead atoms. The highest BCUT2D eigenvalue weighted by atomic mass is 16.4. The number of carboxylic acid groups (broad SMARTS) is 1. The number of rotatable bonds is 2. The Balaban J connectivity index is 2.23. The lowest BCUT2D eigenvalue weighted by Crippen LogP contribution is -2.25. The Morgan fingerprint density at radius 2 is 2.00 bits per heavy atom. The summed E-state index contributed by atoms with van der Waals surface area (Å²) in [5.74, 6) is -0.771. The van der Waals surface area contributed by atoms with Gasteiger partial charge < -0.3 is 5.11 Å². The molecule has 1 aromatic rings. The molecule has 2 heteroatoms. The van der Waals surface area contributed by atoms with Crippen molar-refractivity contribution in [2.24, 2.45) is 5.41 Å². The first-order valence-electron chi connectivity index (χ1n) is 5.30. The number of aliphatic carboxylic acids is 1. The van der Waals surface area contributed by atoms with Gasteiger partial charge in [-0.1, -0.05) is 48.6 Å². The molecular formula is C14H14O2. The van der Waals surface area contributed by atoms with Crippen LogP contribution in [0.2, 0.25) is 0 Å². The molecule has 0 saturated heterocycles. The number of carboxylic acids is 1. The summed E-state index contributed by atoms with van der Waals surface area (Å²) < 4.78 is 0. The minimum absolute atomic E-state index is 0.545. The van der Waals surface area contributed by atoms with Crippen molar-refractivity contribution in [3.05, 3.63) is 54.1 Å². The molecule has 0 fully saturated rings. The monoisotopic (exact) mass is 214 g/mol. The van der Waals surface area contributed by atoms with Crippen molar-refractivity contribution in [2.45, 2.75) is 13.3 Å². The lowest BCUT2D eigenvalue weighted by Gasteiger charge is -2.23. The normalized spacial score (nSPS) is 23.9. The van der Waals surface area contributed by atoms with E-state index in [-0.39, 0.29) is 0 Å². The molecule has 2 rings (SSSR count). The predicted octanol–water partition coefficient (Wildman–Crippen LogP) is 3.12. The first-order chi connectivity index (χ1) is 7.62. The summed E-state index contributed by atoms with van der Waals surface area (Å²) in [6, 6.07) is 9.99. The van der Waals surface area contributed by atoms with E-state index in [0.29, 0.717) is 6.42 Å². The van der Waals surface area contributed by atoms with Crippen LogP contribution in [0.4, 0.5) is 0 Å². The van der Waals surface area contributed by atoms with Gasteiger partial charge in [0.2, 0.25) is 0 Å². The Hall–Kier alpha value is -1.83. The van der Waals surface area contributed by atoms with Crippen LogP contribution in [0.15, 0.2) is 48.6 Å².